The predicted molar refractivity (Wildman–Crippen MR) is 242 cm³/mol. The number of aliphatic carboxylic acids is 1. The fraction of sp³-hybridized carbons (Fsp3) is 0.136. The van der Waals surface area contributed by atoms with Crippen LogP contribution in [0.2, 0.25) is 0 Å². The van der Waals surface area contributed by atoms with Gasteiger partial charge in [0.2, 0.25) is 0 Å². The lowest BCUT2D eigenvalue weighted by Gasteiger charge is -2.12. The highest BCUT2D eigenvalue weighted by Gasteiger charge is 2.30. The average molecular weight is 958 g/mol. The summed E-state index contributed by atoms with van der Waals surface area (Å²) in [6.45, 7) is 0. The third kappa shape index (κ3) is 11.5. The molecule has 0 heterocycles. The number of nitrogens with one attached hydrogen (secondary N) is 1. The second-order valence-electron chi connectivity index (χ2n) is 14.2. The van der Waals surface area contributed by atoms with Crippen LogP contribution in [0, 0.1) is 5.53 Å². The SMILES string of the molecule is CS(=O)(=O)c1cccc2c1C=CC(=[N+]=[N-])C2=O.CS(=O)(=O)c1cccc2c1C=CC2=C=O.CS(=O)(=O)c1cccc2c1C=CC2C(=O)O.CS(=O)(=O)c1cccc2c1C=CCC2=O.[N-]=N. The first-order valence-corrected chi connectivity index (χ1v) is 26.0. The van der Waals surface area contributed by atoms with Crippen LogP contribution in [0.15, 0.2) is 117 Å². The van der Waals surface area contributed by atoms with Crippen molar-refractivity contribution in [2.24, 2.45) is 0 Å². The van der Waals surface area contributed by atoms with Crippen LogP contribution in [0.4, 0.5) is 0 Å². The van der Waals surface area contributed by atoms with E-state index in [9.17, 15) is 52.8 Å². The number of Topliss-reactive ketones (excluding diaryl/α,β-unsaturated/α-hetero) is 2. The van der Waals surface area contributed by atoms with Crippen molar-refractivity contribution in [2.75, 3.05) is 25.0 Å². The largest absolute Gasteiger partial charge is 0.715 e. The number of rotatable bonds is 5. The maximum Gasteiger partial charge on any atom is 0.362 e. The topological polar surface area (TPSA) is 308 Å². The van der Waals surface area contributed by atoms with Gasteiger partial charge in [0, 0.05) is 70.9 Å². The number of hydrogen-bond acceptors (Lipinski definition) is 13. The second-order valence-corrected chi connectivity index (χ2v) is 22.1. The van der Waals surface area contributed by atoms with Gasteiger partial charge < -0.3 is 21.7 Å². The number of carboxylic acids is 1. The van der Waals surface area contributed by atoms with E-state index in [2.05, 4.69) is 4.79 Å². The molecule has 0 amide bonds. The lowest BCUT2D eigenvalue weighted by molar-refractivity contribution is -0.137. The van der Waals surface area contributed by atoms with Gasteiger partial charge in [-0.15, -0.1) is 0 Å². The highest BCUT2D eigenvalue weighted by atomic mass is 32.2. The number of carbonyl (C=O) groups is 3. The van der Waals surface area contributed by atoms with Crippen molar-refractivity contribution >= 4 is 98.4 Å². The summed E-state index contributed by atoms with van der Waals surface area (Å²) in [4.78, 5) is 48.4. The zero-order valence-electron chi connectivity index (χ0n) is 34.7. The Kier molecular flexibility index (Phi) is 15.7. The number of nitrogens with zero attached hydrogens (tertiary/aromatic N) is 3. The molecule has 0 bridgehead atoms. The molecular formula is C44H37N4O13S4-. The molecule has 2 N–H and O–H groups in total. The van der Waals surface area contributed by atoms with Crippen molar-refractivity contribution in [1.82, 2.24) is 0 Å². The van der Waals surface area contributed by atoms with Crippen LogP contribution in [0.5, 0.6) is 0 Å². The van der Waals surface area contributed by atoms with E-state index in [-0.39, 0.29) is 36.6 Å². The van der Waals surface area contributed by atoms with E-state index in [1.165, 1.54) is 54.6 Å². The zero-order valence-corrected chi connectivity index (χ0v) is 37.9. The zero-order chi connectivity index (χ0) is 48.7. The standard InChI is InChI=1S/C11H8N2O3S.C11H10O4S.C11H10O3S.C11H8O3S.HN2/c1-17(15,16)10-4-2-3-8-7(10)5-6-9(13-12)11(8)14;1-16(14,15)10-4-2-3-7-8(10)5-6-9(7)11(12)13;1-15(13,14)11-7-3-4-8-9(11)5-2-6-10(8)12;1-15(13,14)11-4-2-3-9-8(7-12)5-6-10(9)11;1-2/h2-6H,1H3;2-6,9H,1H3,(H,12,13);2-5,7H,6H2,1H3;2-6H,1H3;1H/q;;;;-1. The van der Waals surface area contributed by atoms with E-state index in [1.54, 1.807) is 72.7 Å². The monoisotopic (exact) mass is 957 g/mol. The number of carboxylic acid groups (broad SMARTS) is 1. The minimum atomic E-state index is -3.40. The molecule has 336 valence electrons. The maximum absolute atomic E-state index is 11.8. The van der Waals surface area contributed by atoms with Gasteiger partial charge in [0.15, 0.2) is 45.1 Å². The molecule has 0 aromatic heterocycles. The van der Waals surface area contributed by atoms with Gasteiger partial charge in [0.25, 0.3) is 5.78 Å². The Bertz CT molecular complexity index is 3360. The molecule has 0 radical (unpaired) electrons. The van der Waals surface area contributed by atoms with Crippen LogP contribution in [0.1, 0.15) is 66.4 Å². The third-order valence-electron chi connectivity index (χ3n) is 9.65. The molecule has 0 saturated heterocycles. The van der Waals surface area contributed by atoms with Crippen LogP contribution in [-0.4, -0.2) is 97.8 Å². The molecule has 0 fully saturated rings. The molecule has 21 heteroatoms. The fourth-order valence-corrected chi connectivity index (χ4v) is 10.5. The van der Waals surface area contributed by atoms with Crippen molar-refractivity contribution < 1.29 is 62.7 Å². The van der Waals surface area contributed by atoms with E-state index in [4.69, 9.17) is 21.7 Å². The van der Waals surface area contributed by atoms with E-state index < -0.39 is 57.0 Å². The lowest BCUT2D eigenvalue weighted by Crippen LogP contribution is -2.19. The number of ketones is 2. The summed E-state index contributed by atoms with van der Waals surface area (Å²) < 4.78 is 91.9. The molecule has 4 aromatic rings. The summed E-state index contributed by atoms with van der Waals surface area (Å²) in [5, 5.41) is 8.95. The minimum Gasteiger partial charge on any atom is -0.715 e. The summed E-state index contributed by atoms with van der Waals surface area (Å²) in [7, 11) is -13.2. The van der Waals surface area contributed by atoms with Gasteiger partial charge in [-0.25, -0.2) is 38.5 Å². The molecule has 4 aliphatic carbocycles. The van der Waals surface area contributed by atoms with E-state index in [0.29, 0.717) is 50.9 Å². The van der Waals surface area contributed by atoms with Crippen molar-refractivity contribution in [1.29, 1.82) is 5.53 Å². The van der Waals surface area contributed by atoms with Gasteiger partial charge >= 0.3 is 11.7 Å². The number of allylic oxidation sites excluding steroid dienone is 4. The Hall–Kier alpha value is -7.12. The summed E-state index contributed by atoms with van der Waals surface area (Å²) in [5.41, 5.74) is 23.7. The van der Waals surface area contributed by atoms with Gasteiger partial charge in [-0.05, 0) is 47.5 Å². The number of hydrogen-bond donors (Lipinski definition) is 2. The average Bonchev–Trinajstić information content (AvgIpc) is 3.89. The molecule has 0 aliphatic heterocycles. The number of sulfone groups is 4. The molecule has 0 saturated carbocycles. The molecule has 4 aromatic carbocycles. The first kappa shape index (κ1) is 50.5. The first-order chi connectivity index (χ1) is 30.4. The predicted octanol–water partition coefficient (Wildman–Crippen LogP) is 5.86. The van der Waals surface area contributed by atoms with Crippen LogP contribution in [-0.2, 0) is 48.9 Å². The van der Waals surface area contributed by atoms with Gasteiger partial charge in [0.05, 0.1) is 25.2 Å². The van der Waals surface area contributed by atoms with Crippen LogP contribution >= 0.6 is 0 Å². The van der Waals surface area contributed by atoms with Crippen molar-refractivity contribution in [2.45, 2.75) is 31.9 Å². The molecular weight excluding hydrogens is 921 g/mol. The molecule has 1 atom stereocenters. The van der Waals surface area contributed by atoms with Crippen molar-refractivity contribution in [3.8, 4) is 0 Å². The number of carbonyl (C=O) groups excluding carboxylic acids is 3. The smallest absolute Gasteiger partial charge is 0.362 e. The number of fused-ring (bicyclic) bond motifs is 4. The third-order valence-corrected chi connectivity index (χ3v) is 14.3. The normalized spacial score (nSPS) is 15.0. The van der Waals surface area contributed by atoms with Gasteiger partial charge in [-0.3, -0.25) is 14.4 Å². The summed E-state index contributed by atoms with van der Waals surface area (Å²) >= 11 is 0. The second kappa shape index (κ2) is 20.2. The Balaban J connectivity index is 0.000000187. The van der Waals surface area contributed by atoms with Crippen molar-refractivity contribution in [3.63, 3.8) is 0 Å². The van der Waals surface area contributed by atoms with Crippen LogP contribution < -0.4 is 0 Å². The Morgan fingerprint density at radius 3 is 1.52 bits per heavy atom. The summed E-state index contributed by atoms with van der Waals surface area (Å²) in [5.74, 6) is -0.447. The summed E-state index contributed by atoms with van der Waals surface area (Å²) in [6, 6.07) is 18.8. The molecule has 8 rings (SSSR count). The molecule has 1 unspecified atom stereocenters. The quantitative estimate of drug-likeness (QED) is 0.135. The van der Waals surface area contributed by atoms with E-state index in [0.717, 1.165) is 25.0 Å². The minimum absolute atomic E-state index is 0.0296. The molecule has 65 heavy (non-hydrogen) atoms. The Morgan fingerprint density at radius 1 is 0.615 bits per heavy atom. The number of benzene rings is 4. The Morgan fingerprint density at radius 2 is 1.05 bits per heavy atom. The van der Waals surface area contributed by atoms with E-state index in [1.807, 2.05) is 0 Å². The van der Waals surface area contributed by atoms with Crippen LogP contribution in [0.3, 0.4) is 0 Å². The lowest BCUT2D eigenvalue weighted by atomic mass is 9.95. The first-order valence-electron chi connectivity index (χ1n) is 18.4. The molecule has 4 aliphatic rings. The Labute approximate surface area is 374 Å². The van der Waals surface area contributed by atoms with Crippen LogP contribution in [0.25, 0.3) is 40.9 Å². The maximum atomic E-state index is 11.8. The summed E-state index contributed by atoms with van der Waals surface area (Å²) in [6.07, 6.45) is 17.3. The molecule has 0 spiro atoms. The highest BCUT2D eigenvalue weighted by Crippen LogP contribution is 2.35. The molecule has 17 nitrogen and oxygen atoms in total. The van der Waals surface area contributed by atoms with E-state index >= 15 is 0 Å². The van der Waals surface area contributed by atoms with Gasteiger partial charge in [0.1, 0.15) is 11.9 Å². The van der Waals surface area contributed by atoms with Gasteiger partial charge in [-0.1, -0.05) is 78.9 Å². The highest BCUT2D eigenvalue weighted by molar-refractivity contribution is 7.91. The fourth-order valence-electron chi connectivity index (χ4n) is 6.83. The van der Waals surface area contributed by atoms with Gasteiger partial charge in [-0.2, -0.15) is 4.79 Å². The van der Waals surface area contributed by atoms with Crippen molar-refractivity contribution in [3.05, 3.63) is 153 Å².